The SMILES string of the molecule is CC[C@H](N)c1cc(C#N)cc(OC)c1O.Cl. The van der Waals surface area contributed by atoms with Crippen LogP contribution in [0.5, 0.6) is 11.5 Å². The fraction of sp³-hybridized carbons (Fsp3) is 0.364. The number of nitrogens with zero attached hydrogens (tertiary/aromatic N) is 1. The van der Waals surface area contributed by atoms with Gasteiger partial charge in [-0.15, -0.1) is 12.4 Å². The third kappa shape index (κ3) is 2.78. The van der Waals surface area contributed by atoms with E-state index in [2.05, 4.69) is 0 Å². The molecule has 0 heterocycles. The van der Waals surface area contributed by atoms with Gasteiger partial charge < -0.3 is 15.6 Å². The van der Waals surface area contributed by atoms with E-state index in [1.807, 2.05) is 13.0 Å². The minimum Gasteiger partial charge on any atom is -0.504 e. The summed E-state index contributed by atoms with van der Waals surface area (Å²) < 4.78 is 4.97. The smallest absolute Gasteiger partial charge is 0.162 e. The van der Waals surface area contributed by atoms with Gasteiger partial charge in [-0.2, -0.15) is 5.26 Å². The van der Waals surface area contributed by atoms with Gasteiger partial charge in [0.05, 0.1) is 18.7 Å². The third-order valence-corrected chi connectivity index (χ3v) is 2.29. The molecule has 0 aromatic heterocycles. The first-order chi connectivity index (χ1) is 7.13. The lowest BCUT2D eigenvalue weighted by Crippen LogP contribution is -2.09. The van der Waals surface area contributed by atoms with E-state index >= 15 is 0 Å². The number of halogens is 1. The predicted molar refractivity (Wildman–Crippen MR) is 63.8 cm³/mol. The van der Waals surface area contributed by atoms with Gasteiger partial charge in [0, 0.05) is 17.7 Å². The van der Waals surface area contributed by atoms with Gasteiger partial charge in [-0.3, -0.25) is 0 Å². The zero-order valence-electron chi connectivity index (χ0n) is 9.23. The fourth-order valence-electron chi connectivity index (χ4n) is 1.35. The molecule has 1 rings (SSSR count). The lowest BCUT2D eigenvalue weighted by atomic mass is 10.0. The van der Waals surface area contributed by atoms with Crippen LogP contribution in [-0.4, -0.2) is 12.2 Å². The third-order valence-electron chi connectivity index (χ3n) is 2.29. The number of benzene rings is 1. The average molecular weight is 243 g/mol. The van der Waals surface area contributed by atoms with Crippen molar-refractivity contribution in [3.8, 4) is 17.6 Å². The Morgan fingerprint density at radius 1 is 1.56 bits per heavy atom. The van der Waals surface area contributed by atoms with Crippen LogP contribution in [0.15, 0.2) is 12.1 Å². The number of methoxy groups -OCH3 is 1. The summed E-state index contributed by atoms with van der Waals surface area (Å²) in [5.74, 6) is 0.304. The highest BCUT2D eigenvalue weighted by Crippen LogP contribution is 2.35. The zero-order valence-corrected chi connectivity index (χ0v) is 10.0. The van der Waals surface area contributed by atoms with Crippen LogP contribution in [0.4, 0.5) is 0 Å². The second-order valence-electron chi connectivity index (χ2n) is 3.24. The minimum atomic E-state index is -0.285. The average Bonchev–Trinajstić information content (AvgIpc) is 2.28. The van der Waals surface area contributed by atoms with E-state index in [0.717, 1.165) is 0 Å². The number of nitriles is 1. The number of phenolic OH excluding ortho intramolecular Hbond substituents is 1. The van der Waals surface area contributed by atoms with Gasteiger partial charge >= 0.3 is 0 Å². The van der Waals surface area contributed by atoms with Gasteiger partial charge in [0.25, 0.3) is 0 Å². The van der Waals surface area contributed by atoms with Gasteiger partial charge in [0.1, 0.15) is 0 Å². The first-order valence-electron chi connectivity index (χ1n) is 4.70. The van der Waals surface area contributed by atoms with Crippen LogP contribution >= 0.6 is 12.4 Å². The molecule has 0 unspecified atom stereocenters. The molecule has 0 amide bonds. The van der Waals surface area contributed by atoms with E-state index < -0.39 is 0 Å². The second-order valence-corrected chi connectivity index (χ2v) is 3.24. The molecule has 5 heteroatoms. The highest BCUT2D eigenvalue weighted by atomic mass is 35.5. The number of hydrogen-bond acceptors (Lipinski definition) is 4. The summed E-state index contributed by atoms with van der Waals surface area (Å²) in [6.45, 7) is 1.91. The van der Waals surface area contributed by atoms with Gasteiger partial charge in [-0.25, -0.2) is 0 Å². The van der Waals surface area contributed by atoms with Crippen molar-refractivity contribution >= 4 is 12.4 Å². The number of rotatable bonds is 3. The molecule has 16 heavy (non-hydrogen) atoms. The van der Waals surface area contributed by atoms with Crippen LogP contribution in [0.2, 0.25) is 0 Å². The Bertz CT molecular complexity index is 402. The summed E-state index contributed by atoms with van der Waals surface area (Å²) in [7, 11) is 1.44. The van der Waals surface area contributed by atoms with E-state index in [4.69, 9.17) is 15.7 Å². The molecule has 0 aliphatic carbocycles. The van der Waals surface area contributed by atoms with E-state index in [1.165, 1.54) is 13.2 Å². The van der Waals surface area contributed by atoms with Gasteiger partial charge in [-0.05, 0) is 12.5 Å². The van der Waals surface area contributed by atoms with Gasteiger partial charge in [-0.1, -0.05) is 6.92 Å². The van der Waals surface area contributed by atoms with E-state index in [9.17, 15) is 5.11 Å². The standard InChI is InChI=1S/C11H14N2O2.ClH/c1-3-9(13)8-4-7(6-12)5-10(15-2)11(8)14;/h4-5,9,14H,3,13H2,1-2H3;1H/t9-;/m0./s1. The minimum absolute atomic E-state index is 0. The zero-order chi connectivity index (χ0) is 11.4. The summed E-state index contributed by atoms with van der Waals surface area (Å²) in [6, 6.07) is 4.79. The summed E-state index contributed by atoms with van der Waals surface area (Å²) in [4.78, 5) is 0. The monoisotopic (exact) mass is 242 g/mol. The van der Waals surface area contributed by atoms with Crippen molar-refractivity contribution in [3.05, 3.63) is 23.3 Å². The summed E-state index contributed by atoms with van der Waals surface area (Å²) >= 11 is 0. The molecule has 0 aliphatic heterocycles. The number of phenols is 1. The molecular weight excluding hydrogens is 228 g/mol. The molecule has 0 saturated heterocycles. The molecule has 0 saturated carbocycles. The van der Waals surface area contributed by atoms with Crippen molar-refractivity contribution in [3.63, 3.8) is 0 Å². The Morgan fingerprint density at radius 3 is 2.62 bits per heavy atom. The Kier molecular flexibility index (Phi) is 5.65. The van der Waals surface area contributed by atoms with Crippen molar-refractivity contribution in [2.75, 3.05) is 7.11 Å². The van der Waals surface area contributed by atoms with Crippen LogP contribution in [0, 0.1) is 11.3 Å². The molecule has 1 aromatic carbocycles. The number of aromatic hydroxyl groups is 1. The largest absolute Gasteiger partial charge is 0.504 e. The molecule has 0 fully saturated rings. The molecule has 0 radical (unpaired) electrons. The van der Waals surface area contributed by atoms with Crippen molar-refractivity contribution in [2.24, 2.45) is 5.73 Å². The highest BCUT2D eigenvalue weighted by molar-refractivity contribution is 5.85. The van der Waals surface area contributed by atoms with E-state index in [1.54, 1.807) is 6.07 Å². The topological polar surface area (TPSA) is 79.3 Å². The second kappa shape index (κ2) is 6.21. The maximum Gasteiger partial charge on any atom is 0.162 e. The molecule has 0 aliphatic rings. The first kappa shape index (κ1) is 14.6. The van der Waals surface area contributed by atoms with Crippen molar-refractivity contribution < 1.29 is 9.84 Å². The number of nitrogens with two attached hydrogens (primary N) is 1. The van der Waals surface area contributed by atoms with Crippen LogP contribution < -0.4 is 10.5 Å². The van der Waals surface area contributed by atoms with Crippen LogP contribution in [-0.2, 0) is 0 Å². The van der Waals surface area contributed by atoms with Crippen molar-refractivity contribution in [1.82, 2.24) is 0 Å². The van der Waals surface area contributed by atoms with Crippen molar-refractivity contribution in [2.45, 2.75) is 19.4 Å². The predicted octanol–water partition coefficient (Wildman–Crippen LogP) is 2.10. The first-order valence-corrected chi connectivity index (χ1v) is 4.70. The maximum atomic E-state index is 9.80. The Labute approximate surface area is 101 Å². The lowest BCUT2D eigenvalue weighted by Gasteiger charge is -2.14. The lowest BCUT2D eigenvalue weighted by molar-refractivity contribution is 0.368. The van der Waals surface area contributed by atoms with Crippen LogP contribution in [0.3, 0.4) is 0 Å². The quantitative estimate of drug-likeness (QED) is 0.851. The summed E-state index contributed by atoms with van der Waals surface area (Å²) in [5.41, 5.74) is 6.80. The van der Waals surface area contributed by atoms with Gasteiger partial charge in [0.2, 0.25) is 0 Å². The Hall–Kier alpha value is -1.44. The Morgan fingerprint density at radius 2 is 2.19 bits per heavy atom. The highest BCUT2D eigenvalue weighted by Gasteiger charge is 2.15. The molecular formula is C11H15ClN2O2. The Balaban J connectivity index is 0.00000225. The molecule has 88 valence electrons. The van der Waals surface area contributed by atoms with Gasteiger partial charge in [0.15, 0.2) is 11.5 Å². The molecule has 1 atom stereocenters. The summed E-state index contributed by atoms with van der Waals surface area (Å²) in [6.07, 6.45) is 0.686. The molecule has 3 N–H and O–H groups in total. The van der Waals surface area contributed by atoms with Crippen molar-refractivity contribution in [1.29, 1.82) is 5.26 Å². The number of hydrogen-bond donors (Lipinski definition) is 2. The summed E-state index contributed by atoms with van der Waals surface area (Å²) in [5, 5.41) is 18.6. The normalized spacial score (nSPS) is 11.1. The number of ether oxygens (including phenoxy) is 1. The van der Waals surface area contributed by atoms with E-state index in [0.29, 0.717) is 17.5 Å². The van der Waals surface area contributed by atoms with Crippen LogP contribution in [0.1, 0.15) is 30.5 Å². The fourth-order valence-corrected chi connectivity index (χ4v) is 1.35. The maximum absolute atomic E-state index is 9.80. The molecule has 1 aromatic rings. The van der Waals surface area contributed by atoms with E-state index in [-0.39, 0.29) is 29.9 Å². The molecule has 0 spiro atoms. The molecule has 0 bridgehead atoms. The molecule has 4 nitrogen and oxygen atoms in total. The van der Waals surface area contributed by atoms with Crippen LogP contribution in [0.25, 0.3) is 0 Å².